The standard InChI is InChI=1S/C16H22N2O3/c1-11-9-12(6-7-14(11)17)16(20)18-8-4-3-5-13(18)10-15(19)21-2/h6-7,9,13H,3-5,8,10,17H2,1-2H3. The Hall–Kier alpha value is -2.04. The molecule has 0 bridgehead atoms. The summed E-state index contributed by atoms with van der Waals surface area (Å²) >= 11 is 0. The van der Waals surface area contributed by atoms with Crippen LogP contribution in [-0.4, -0.2) is 36.5 Å². The maximum atomic E-state index is 12.7. The summed E-state index contributed by atoms with van der Waals surface area (Å²) in [6.45, 7) is 2.57. The minimum atomic E-state index is -0.270. The van der Waals surface area contributed by atoms with Gasteiger partial charge in [-0.15, -0.1) is 0 Å². The maximum Gasteiger partial charge on any atom is 0.307 e. The van der Waals surface area contributed by atoms with Crippen molar-refractivity contribution in [1.82, 2.24) is 4.90 Å². The molecule has 1 aliphatic heterocycles. The van der Waals surface area contributed by atoms with Crippen LogP contribution in [0.4, 0.5) is 5.69 Å². The highest BCUT2D eigenvalue weighted by Crippen LogP contribution is 2.23. The molecule has 1 amide bonds. The molecule has 1 aromatic carbocycles. The van der Waals surface area contributed by atoms with Crippen molar-refractivity contribution in [3.8, 4) is 0 Å². The summed E-state index contributed by atoms with van der Waals surface area (Å²) in [6.07, 6.45) is 3.11. The number of hydrogen-bond donors (Lipinski definition) is 1. The first kappa shape index (κ1) is 15.4. The van der Waals surface area contributed by atoms with Crippen LogP contribution < -0.4 is 5.73 Å². The Balaban J connectivity index is 2.17. The lowest BCUT2D eigenvalue weighted by atomic mass is 9.97. The van der Waals surface area contributed by atoms with Crippen LogP contribution in [0.2, 0.25) is 0 Å². The van der Waals surface area contributed by atoms with Crippen LogP contribution in [0.15, 0.2) is 18.2 Å². The molecule has 1 aromatic rings. The number of aryl methyl sites for hydroxylation is 1. The Morgan fingerprint density at radius 2 is 2.14 bits per heavy atom. The Kier molecular flexibility index (Phi) is 4.83. The Bertz CT molecular complexity index is 542. The summed E-state index contributed by atoms with van der Waals surface area (Å²) in [4.78, 5) is 26.0. The molecule has 1 heterocycles. The summed E-state index contributed by atoms with van der Waals surface area (Å²) in [5.74, 6) is -0.306. The van der Waals surface area contributed by atoms with Crippen molar-refractivity contribution in [1.29, 1.82) is 0 Å². The second kappa shape index (κ2) is 6.61. The molecular formula is C16H22N2O3. The van der Waals surface area contributed by atoms with Gasteiger partial charge in [0.25, 0.3) is 5.91 Å². The zero-order chi connectivity index (χ0) is 15.4. The van der Waals surface area contributed by atoms with E-state index in [-0.39, 0.29) is 24.3 Å². The molecule has 0 radical (unpaired) electrons. The predicted molar refractivity (Wildman–Crippen MR) is 80.9 cm³/mol. The molecule has 114 valence electrons. The Morgan fingerprint density at radius 3 is 2.81 bits per heavy atom. The van der Waals surface area contributed by atoms with E-state index in [1.54, 1.807) is 17.0 Å². The van der Waals surface area contributed by atoms with Gasteiger partial charge in [0.15, 0.2) is 0 Å². The average Bonchev–Trinajstić information content (AvgIpc) is 2.49. The normalized spacial score (nSPS) is 18.4. The number of nitrogens with two attached hydrogens (primary N) is 1. The lowest BCUT2D eigenvalue weighted by Crippen LogP contribution is -2.44. The number of nitrogens with zero attached hydrogens (tertiary/aromatic N) is 1. The summed E-state index contributed by atoms with van der Waals surface area (Å²) < 4.78 is 4.73. The zero-order valence-corrected chi connectivity index (χ0v) is 12.6. The minimum absolute atomic E-state index is 0.0355. The fourth-order valence-corrected chi connectivity index (χ4v) is 2.73. The number of carbonyl (C=O) groups is 2. The Labute approximate surface area is 125 Å². The first-order valence-electron chi connectivity index (χ1n) is 7.27. The van der Waals surface area contributed by atoms with Gasteiger partial charge in [-0.25, -0.2) is 0 Å². The van der Waals surface area contributed by atoms with E-state index in [0.717, 1.165) is 24.8 Å². The van der Waals surface area contributed by atoms with Crippen LogP contribution in [0.5, 0.6) is 0 Å². The number of amides is 1. The molecule has 1 aliphatic rings. The van der Waals surface area contributed by atoms with Gasteiger partial charge in [0.05, 0.1) is 13.5 Å². The molecule has 1 atom stereocenters. The van der Waals surface area contributed by atoms with Gasteiger partial charge in [-0.1, -0.05) is 0 Å². The van der Waals surface area contributed by atoms with Gasteiger partial charge in [-0.2, -0.15) is 0 Å². The maximum absolute atomic E-state index is 12.7. The van der Waals surface area contributed by atoms with Crippen molar-refractivity contribution in [2.24, 2.45) is 0 Å². The smallest absolute Gasteiger partial charge is 0.307 e. The number of anilines is 1. The number of piperidine rings is 1. The molecular weight excluding hydrogens is 268 g/mol. The Morgan fingerprint density at radius 1 is 1.38 bits per heavy atom. The van der Waals surface area contributed by atoms with Gasteiger partial charge in [0.1, 0.15) is 0 Å². The lowest BCUT2D eigenvalue weighted by molar-refractivity contribution is -0.142. The number of likely N-dealkylation sites (tertiary alicyclic amines) is 1. The van der Waals surface area contributed by atoms with Crippen LogP contribution in [0.25, 0.3) is 0 Å². The quantitative estimate of drug-likeness (QED) is 0.683. The van der Waals surface area contributed by atoms with E-state index in [1.807, 2.05) is 13.0 Å². The number of carbonyl (C=O) groups excluding carboxylic acids is 2. The first-order valence-corrected chi connectivity index (χ1v) is 7.27. The van der Waals surface area contributed by atoms with E-state index in [9.17, 15) is 9.59 Å². The molecule has 0 aliphatic carbocycles. The molecule has 0 saturated carbocycles. The van der Waals surface area contributed by atoms with Gasteiger partial charge in [-0.3, -0.25) is 9.59 Å². The topological polar surface area (TPSA) is 72.6 Å². The van der Waals surface area contributed by atoms with Gasteiger partial charge < -0.3 is 15.4 Å². The highest BCUT2D eigenvalue weighted by atomic mass is 16.5. The van der Waals surface area contributed by atoms with Crippen LogP contribution in [0.1, 0.15) is 41.6 Å². The predicted octanol–water partition coefficient (Wildman–Crippen LogP) is 2.14. The SMILES string of the molecule is COC(=O)CC1CCCCN1C(=O)c1ccc(N)c(C)c1. The molecule has 21 heavy (non-hydrogen) atoms. The van der Waals surface area contributed by atoms with E-state index < -0.39 is 0 Å². The van der Waals surface area contributed by atoms with Crippen LogP contribution in [-0.2, 0) is 9.53 Å². The zero-order valence-electron chi connectivity index (χ0n) is 12.6. The van der Waals surface area contributed by atoms with Gasteiger partial charge >= 0.3 is 5.97 Å². The highest BCUT2D eigenvalue weighted by molar-refractivity contribution is 5.95. The average molecular weight is 290 g/mol. The van der Waals surface area contributed by atoms with Crippen molar-refractivity contribution in [2.75, 3.05) is 19.4 Å². The monoisotopic (exact) mass is 290 g/mol. The van der Waals surface area contributed by atoms with Crippen LogP contribution >= 0.6 is 0 Å². The fraction of sp³-hybridized carbons (Fsp3) is 0.500. The lowest BCUT2D eigenvalue weighted by Gasteiger charge is -2.35. The molecule has 1 saturated heterocycles. The second-order valence-corrected chi connectivity index (χ2v) is 5.50. The molecule has 1 fully saturated rings. The number of benzene rings is 1. The van der Waals surface area contributed by atoms with E-state index in [4.69, 9.17) is 10.5 Å². The number of nitrogen functional groups attached to an aromatic ring is 1. The van der Waals surface area contributed by atoms with E-state index >= 15 is 0 Å². The summed E-state index contributed by atoms with van der Waals surface area (Å²) in [7, 11) is 1.38. The molecule has 0 aromatic heterocycles. The van der Waals surface area contributed by atoms with Crippen LogP contribution in [0, 0.1) is 6.92 Å². The van der Waals surface area contributed by atoms with Crippen molar-refractivity contribution in [3.05, 3.63) is 29.3 Å². The first-order chi connectivity index (χ1) is 10.0. The van der Waals surface area contributed by atoms with Crippen LogP contribution in [0.3, 0.4) is 0 Å². The molecule has 5 nitrogen and oxygen atoms in total. The molecule has 5 heteroatoms. The third kappa shape index (κ3) is 3.54. The summed E-state index contributed by atoms with van der Waals surface area (Å²) in [5.41, 5.74) is 7.98. The van der Waals surface area contributed by atoms with Crippen molar-refractivity contribution >= 4 is 17.6 Å². The van der Waals surface area contributed by atoms with Crippen molar-refractivity contribution in [2.45, 2.75) is 38.6 Å². The molecule has 2 rings (SSSR count). The minimum Gasteiger partial charge on any atom is -0.469 e. The van der Waals surface area contributed by atoms with Crippen molar-refractivity contribution < 1.29 is 14.3 Å². The van der Waals surface area contributed by atoms with E-state index in [2.05, 4.69) is 0 Å². The number of hydrogen-bond acceptors (Lipinski definition) is 4. The fourth-order valence-electron chi connectivity index (χ4n) is 2.73. The molecule has 2 N–H and O–H groups in total. The molecule has 1 unspecified atom stereocenters. The van der Waals surface area contributed by atoms with Crippen molar-refractivity contribution in [3.63, 3.8) is 0 Å². The van der Waals surface area contributed by atoms with E-state index in [1.165, 1.54) is 7.11 Å². The number of ether oxygens (including phenoxy) is 1. The highest BCUT2D eigenvalue weighted by Gasteiger charge is 2.29. The number of rotatable bonds is 3. The second-order valence-electron chi connectivity index (χ2n) is 5.50. The summed E-state index contributed by atoms with van der Waals surface area (Å²) in [5, 5.41) is 0. The largest absolute Gasteiger partial charge is 0.469 e. The van der Waals surface area contributed by atoms with Gasteiger partial charge in [0, 0.05) is 23.8 Å². The number of esters is 1. The van der Waals surface area contributed by atoms with E-state index in [0.29, 0.717) is 17.8 Å². The van der Waals surface area contributed by atoms with Gasteiger partial charge in [-0.05, 0) is 49.9 Å². The molecule has 0 spiro atoms. The number of methoxy groups -OCH3 is 1. The summed E-state index contributed by atoms with van der Waals surface area (Å²) in [6, 6.07) is 5.23. The van der Waals surface area contributed by atoms with Gasteiger partial charge in [0.2, 0.25) is 0 Å². The third-order valence-electron chi connectivity index (χ3n) is 4.03. The third-order valence-corrected chi connectivity index (χ3v) is 4.03.